The molecule has 0 radical (unpaired) electrons. The van der Waals surface area contributed by atoms with E-state index >= 15 is 0 Å². The summed E-state index contributed by atoms with van der Waals surface area (Å²) in [6.07, 6.45) is 2.24. The Balaban J connectivity index is 1.95. The van der Waals surface area contributed by atoms with E-state index in [1.807, 2.05) is 12.1 Å². The second kappa shape index (κ2) is 6.81. The first-order valence-corrected chi connectivity index (χ1v) is 8.45. The van der Waals surface area contributed by atoms with Gasteiger partial charge in [-0.2, -0.15) is 5.10 Å². The summed E-state index contributed by atoms with van der Waals surface area (Å²) in [7, 11) is 0. The van der Waals surface area contributed by atoms with Gasteiger partial charge in [-0.15, -0.1) is 0 Å². The molecule has 4 rings (SSSR count). The van der Waals surface area contributed by atoms with Gasteiger partial charge in [-0.05, 0) is 42.0 Å². The molecule has 1 atom stereocenters. The van der Waals surface area contributed by atoms with E-state index in [2.05, 4.69) is 10.1 Å². The Morgan fingerprint density at radius 2 is 1.85 bits per heavy atom. The smallest absolute Gasteiger partial charge is 0.407 e. The van der Waals surface area contributed by atoms with Crippen molar-refractivity contribution >= 4 is 6.09 Å². The van der Waals surface area contributed by atoms with Crippen LogP contribution in [0.25, 0.3) is 22.4 Å². The number of hydrogen-bond donors (Lipinski definition) is 2. The first-order valence-electron chi connectivity index (χ1n) is 8.45. The third-order valence-electron chi connectivity index (χ3n) is 4.70. The number of aliphatic hydroxyl groups is 1. The molecule has 0 saturated carbocycles. The van der Waals surface area contributed by atoms with E-state index in [-0.39, 0.29) is 25.5 Å². The Hall–Kier alpha value is -3.26. The number of aliphatic hydroxyl groups excluding tert-OH is 1. The monoisotopic (exact) mass is 368 g/mol. The van der Waals surface area contributed by atoms with Gasteiger partial charge in [0.2, 0.25) is 0 Å². The highest BCUT2D eigenvalue weighted by Gasteiger charge is 2.33. The van der Waals surface area contributed by atoms with Crippen molar-refractivity contribution in [2.75, 3.05) is 13.2 Å². The molecule has 138 valence electrons. The maximum Gasteiger partial charge on any atom is 0.407 e. The summed E-state index contributed by atoms with van der Waals surface area (Å²) >= 11 is 0. The highest BCUT2D eigenvalue weighted by atomic mass is 19.1. The lowest BCUT2D eigenvalue weighted by atomic mass is 9.98. The molecule has 3 heterocycles. The summed E-state index contributed by atoms with van der Waals surface area (Å²) in [6, 6.07) is 9.14. The Kier molecular flexibility index (Phi) is 4.33. The third kappa shape index (κ3) is 3.04. The van der Waals surface area contributed by atoms with Crippen molar-refractivity contribution in [2.45, 2.75) is 12.6 Å². The first kappa shape index (κ1) is 17.2. The van der Waals surface area contributed by atoms with E-state index in [0.29, 0.717) is 17.0 Å². The summed E-state index contributed by atoms with van der Waals surface area (Å²) in [5, 5.41) is 23.9. The molecule has 7 nitrogen and oxygen atoms in total. The summed E-state index contributed by atoms with van der Waals surface area (Å²) in [5.41, 5.74) is 3.60. The van der Waals surface area contributed by atoms with E-state index in [4.69, 9.17) is 0 Å². The molecule has 2 N–H and O–H groups in total. The van der Waals surface area contributed by atoms with Crippen molar-refractivity contribution in [3.63, 3.8) is 0 Å². The molecule has 0 spiro atoms. The Bertz CT molecular complexity index is 973. The Labute approximate surface area is 154 Å². The molecule has 3 aromatic rings. The summed E-state index contributed by atoms with van der Waals surface area (Å²) < 4.78 is 15.1. The molecule has 27 heavy (non-hydrogen) atoms. The Morgan fingerprint density at radius 3 is 2.48 bits per heavy atom. The number of aromatic nitrogens is 3. The van der Waals surface area contributed by atoms with E-state index < -0.39 is 12.1 Å². The van der Waals surface area contributed by atoms with E-state index in [1.165, 1.54) is 17.0 Å². The van der Waals surface area contributed by atoms with Gasteiger partial charge in [-0.3, -0.25) is 9.67 Å². The fraction of sp³-hybridized carbons (Fsp3) is 0.211. The zero-order valence-corrected chi connectivity index (χ0v) is 14.3. The summed E-state index contributed by atoms with van der Waals surface area (Å²) in [6.45, 7) is 0.0634. The van der Waals surface area contributed by atoms with Crippen molar-refractivity contribution < 1.29 is 19.4 Å². The van der Waals surface area contributed by atoms with Gasteiger partial charge in [-0.1, -0.05) is 0 Å². The van der Waals surface area contributed by atoms with Crippen LogP contribution in [0.3, 0.4) is 0 Å². The number of rotatable bonds is 3. The van der Waals surface area contributed by atoms with Crippen LogP contribution in [0.4, 0.5) is 9.18 Å². The molecule has 0 aliphatic carbocycles. The van der Waals surface area contributed by atoms with Crippen molar-refractivity contribution in [2.24, 2.45) is 0 Å². The largest absolute Gasteiger partial charge is 0.465 e. The van der Waals surface area contributed by atoms with Crippen LogP contribution in [0.15, 0.2) is 48.8 Å². The highest BCUT2D eigenvalue weighted by molar-refractivity contribution is 5.83. The van der Waals surface area contributed by atoms with Crippen LogP contribution in [0.5, 0.6) is 0 Å². The first-order chi connectivity index (χ1) is 13.1. The number of fused-ring (bicyclic) bond motifs is 1. The molecule has 1 unspecified atom stereocenters. The van der Waals surface area contributed by atoms with Gasteiger partial charge in [0.25, 0.3) is 0 Å². The van der Waals surface area contributed by atoms with Crippen molar-refractivity contribution in [3.8, 4) is 22.4 Å². The minimum Gasteiger partial charge on any atom is -0.465 e. The molecule has 1 amide bonds. The second-order valence-electron chi connectivity index (χ2n) is 6.36. The summed E-state index contributed by atoms with van der Waals surface area (Å²) in [4.78, 5) is 16.8. The van der Waals surface area contributed by atoms with Gasteiger partial charge in [0.05, 0.1) is 24.9 Å². The second-order valence-corrected chi connectivity index (χ2v) is 6.36. The quantitative estimate of drug-likeness (QED) is 0.742. The van der Waals surface area contributed by atoms with Crippen LogP contribution < -0.4 is 0 Å². The van der Waals surface area contributed by atoms with Gasteiger partial charge in [-0.25, -0.2) is 9.18 Å². The molecule has 0 bridgehead atoms. The SMILES string of the molecule is O=C(O)N1Cc2c(-c3ccncc3)c(-c3ccc(F)cc3)nn2C(CO)C1. The van der Waals surface area contributed by atoms with Crippen LogP contribution in [-0.2, 0) is 6.54 Å². The molecule has 8 heteroatoms. The number of amides is 1. The molecule has 1 aromatic carbocycles. The zero-order valence-electron chi connectivity index (χ0n) is 14.3. The molecule has 1 aliphatic rings. The number of nitrogens with zero attached hydrogens (tertiary/aromatic N) is 4. The number of carbonyl (C=O) groups is 1. The van der Waals surface area contributed by atoms with Crippen molar-refractivity contribution in [1.29, 1.82) is 0 Å². The predicted octanol–water partition coefficient (Wildman–Crippen LogP) is 2.78. The van der Waals surface area contributed by atoms with Crippen molar-refractivity contribution in [3.05, 3.63) is 60.3 Å². The number of hydrogen-bond acceptors (Lipinski definition) is 4. The van der Waals surface area contributed by atoms with Gasteiger partial charge >= 0.3 is 6.09 Å². The zero-order chi connectivity index (χ0) is 19.0. The third-order valence-corrected chi connectivity index (χ3v) is 4.70. The minimum atomic E-state index is -1.05. The summed E-state index contributed by atoms with van der Waals surface area (Å²) in [5.74, 6) is -0.349. The van der Waals surface area contributed by atoms with Crippen LogP contribution >= 0.6 is 0 Å². The number of carboxylic acid groups (broad SMARTS) is 1. The Morgan fingerprint density at radius 1 is 1.15 bits per heavy atom. The number of pyridine rings is 1. The standard InChI is InChI=1S/C19H17FN4O3/c20-14-3-1-13(2-4-14)18-17(12-5-7-21-8-6-12)16-10-23(19(26)27)9-15(11-25)24(16)22-18/h1-8,15,25H,9-11H2,(H,26,27). The maximum atomic E-state index is 13.4. The van der Waals surface area contributed by atoms with Gasteiger partial charge < -0.3 is 15.1 Å². The van der Waals surface area contributed by atoms with Gasteiger partial charge in [0.15, 0.2) is 0 Å². The van der Waals surface area contributed by atoms with Crippen LogP contribution in [0.1, 0.15) is 11.7 Å². The van der Waals surface area contributed by atoms with Crippen molar-refractivity contribution in [1.82, 2.24) is 19.7 Å². The fourth-order valence-electron chi connectivity index (χ4n) is 3.41. The lowest BCUT2D eigenvalue weighted by Gasteiger charge is -2.31. The highest BCUT2D eigenvalue weighted by Crippen LogP contribution is 2.38. The van der Waals surface area contributed by atoms with E-state index in [0.717, 1.165) is 11.1 Å². The number of benzene rings is 1. The van der Waals surface area contributed by atoms with Crippen LogP contribution in [0.2, 0.25) is 0 Å². The fourth-order valence-corrected chi connectivity index (χ4v) is 3.41. The average molecular weight is 368 g/mol. The molecule has 0 fully saturated rings. The molecule has 0 saturated heterocycles. The van der Waals surface area contributed by atoms with E-state index in [1.54, 1.807) is 29.2 Å². The lowest BCUT2D eigenvalue weighted by molar-refractivity contribution is 0.102. The molecular weight excluding hydrogens is 351 g/mol. The molecular formula is C19H17FN4O3. The normalized spacial score (nSPS) is 16.2. The average Bonchev–Trinajstić information content (AvgIpc) is 3.07. The molecule has 1 aliphatic heterocycles. The molecule has 2 aromatic heterocycles. The maximum absolute atomic E-state index is 13.4. The number of halogens is 1. The van der Waals surface area contributed by atoms with E-state index in [9.17, 15) is 19.4 Å². The van der Waals surface area contributed by atoms with Crippen LogP contribution in [-0.4, -0.2) is 49.1 Å². The van der Waals surface area contributed by atoms with Crippen LogP contribution in [0, 0.1) is 5.82 Å². The van der Waals surface area contributed by atoms with Gasteiger partial charge in [0.1, 0.15) is 11.5 Å². The lowest BCUT2D eigenvalue weighted by Crippen LogP contribution is -2.41. The van der Waals surface area contributed by atoms with Gasteiger partial charge in [0, 0.05) is 30.1 Å². The predicted molar refractivity (Wildman–Crippen MR) is 95.4 cm³/mol. The minimum absolute atomic E-state index is 0.150. The topological polar surface area (TPSA) is 91.5 Å².